The Labute approximate surface area is 103 Å². The summed E-state index contributed by atoms with van der Waals surface area (Å²) in [5, 5.41) is 0. The summed E-state index contributed by atoms with van der Waals surface area (Å²) in [6, 6.07) is 6.79. The van der Waals surface area contributed by atoms with Crippen molar-refractivity contribution in [2.45, 2.75) is 31.7 Å². The van der Waals surface area contributed by atoms with Crippen LogP contribution in [0, 0.1) is 0 Å². The highest BCUT2D eigenvalue weighted by Crippen LogP contribution is 2.26. The lowest BCUT2D eigenvalue weighted by molar-refractivity contribution is 0.357. The Morgan fingerprint density at radius 3 is 3.18 bits per heavy atom. The summed E-state index contributed by atoms with van der Waals surface area (Å²) in [5.74, 6) is 6.54. The third-order valence-corrected chi connectivity index (χ3v) is 3.22. The molecule has 1 aliphatic rings. The van der Waals surface area contributed by atoms with Gasteiger partial charge in [0.25, 0.3) is 0 Å². The lowest BCUT2D eigenvalue weighted by atomic mass is 10.0. The molecule has 0 aromatic heterocycles. The van der Waals surface area contributed by atoms with Crippen LogP contribution >= 0.6 is 0 Å². The number of nitrogens with one attached hydrogen (secondary N) is 1. The predicted octanol–water partition coefficient (Wildman–Crippen LogP) is 1.96. The molecular formula is C14H20N2O. The number of hydrogen-bond acceptors (Lipinski definition) is 3. The van der Waals surface area contributed by atoms with Gasteiger partial charge in [-0.3, -0.25) is 11.3 Å². The van der Waals surface area contributed by atoms with E-state index in [2.05, 4.69) is 30.2 Å². The molecule has 0 bridgehead atoms. The van der Waals surface area contributed by atoms with E-state index in [1.807, 2.05) is 6.08 Å². The fraction of sp³-hybridized carbons (Fsp3) is 0.429. The second-order valence-electron chi connectivity index (χ2n) is 4.47. The number of ether oxygens (including phenoxy) is 1. The van der Waals surface area contributed by atoms with Gasteiger partial charge < -0.3 is 4.74 Å². The standard InChI is InChI=1S/C14H20N2O/c1-2-3-13(16-15)6-4-11-5-7-14-12(10-11)8-9-17-14/h2,5,7,10,13,16H,1,3-4,6,8-9,15H2. The minimum atomic E-state index is 0.317. The van der Waals surface area contributed by atoms with Crippen LogP contribution in [0.4, 0.5) is 0 Å². The van der Waals surface area contributed by atoms with Crippen LogP contribution in [0.3, 0.4) is 0 Å². The van der Waals surface area contributed by atoms with Crippen molar-refractivity contribution in [3.05, 3.63) is 42.0 Å². The van der Waals surface area contributed by atoms with E-state index < -0.39 is 0 Å². The molecule has 3 N–H and O–H groups in total. The number of aryl methyl sites for hydroxylation is 1. The first-order valence-corrected chi connectivity index (χ1v) is 6.15. The second kappa shape index (κ2) is 5.84. The molecule has 1 aromatic rings. The van der Waals surface area contributed by atoms with Gasteiger partial charge in [0.05, 0.1) is 6.61 Å². The van der Waals surface area contributed by atoms with Crippen LogP contribution in [0.15, 0.2) is 30.9 Å². The lowest BCUT2D eigenvalue weighted by Gasteiger charge is -2.13. The maximum atomic E-state index is 5.50. The van der Waals surface area contributed by atoms with E-state index in [9.17, 15) is 0 Å². The number of hydrogen-bond donors (Lipinski definition) is 2. The first kappa shape index (κ1) is 12.1. The van der Waals surface area contributed by atoms with Gasteiger partial charge in [0.15, 0.2) is 0 Å². The molecule has 2 rings (SSSR count). The fourth-order valence-electron chi connectivity index (χ4n) is 2.21. The molecule has 92 valence electrons. The van der Waals surface area contributed by atoms with Crippen LogP contribution in [0.25, 0.3) is 0 Å². The third-order valence-electron chi connectivity index (χ3n) is 3.22. The predicted molar refractivity (Wildman–Crippen MR) is 69.9 cm³/mol. The van der Waals surface area contributed by atoms with Crippen LogP contribution in [0.2, 0.25) is 0 Å². The van der Waals surface area contributed by atoms with Gasteiger partial charge in [-0.05, 0) is 36.5 Å². The summed E-state index contributed by atoms with van der Waals surface area (Å²) in [4.78, 5) is 0. The average molecular weight is 232 g/mol. The van der Waals surface area contributed by atoms with Crippen LogP contribution < -0.4 is 16.0 Å². The van der Waals surface area contributed by atoms with Crippen LogP contribution in [0.1, 0.15) is 24.0 Å². The molecule has 0 aliphatic carbocycles. The number of fused-ring (bicyclic) bond motifs is 1. The fourth-order valence-corrected chi connectivity index (χ4v) is 2.21. The van der Waals surface area contributed by atoms with Gasteiger partial charge >= 0.3 is 0 Å². The topological polar surface area (TPSA) is 47.3 Å². The molecule has 1 atom stereocenters. The highest BCUT2D eigenvalue weighted by atomic mass is 16.5. The SMILES string of the molecule is C=CCC(CCc1ccc2c(c1)CCO2)NN. The largest absolute Gasteiger partial charge is 0.493 e. The minimum Gasteiger partial charge on any atom is -0.493 e. The zero-order valence-corrected chi connectivity index (χ0v) is 10.1. The van der Waals surface area contributed by atoms with Crippen molar-refractivity contribution in [1.82, 2.24) is 5.43 Å². The smallest absolute Gasteiger partial charge is 0.122 e. The maximum Gasteiger partial charge on any atom is 0.122 e. The molecule has 3 nitrogen and oxygen atoms in total. The van der Waals surface area contributed by atoms with E-state index in [0.717, 1.165) is 38.0 Å². The molecule has 0 radical (unpaired) electrons. The zero-order chi connectivity index (χ0) is 12.1. The molecule has 0 saturated heterocycles. The Hall–Kier alpha value is -1.32. The molecule has 0 amide bonds. The van der Waals surface area contributed by atoms with Gasteiger partial charge in [0.2, 0.25) is 0 Å². The van der Waals surface area contributed by atoms with Crippen molar-refractivity contribution in [1.29, 1.82) is 0 Å². The Morgan fingerprint density at radius 1 is 1.53 bits per heavy atom. The molecule has 3 heteroatoms. The minimum absolute atomic E-state index is 0.317. The van der Waals surface area contributed by atoms with Crippen molar-refractivity contribution in [2.24, 2.45) is 5.84 Å². The van der Waals surface area contributed by atoms with Gasteiger partial charge in [-0.1, -0.05) is 18.2 Å². The summed E-state index contributed by atoms with van der Waals surface area (Å²) < 4.78 is 5.49. The van der Waals surface area contributed by atoms with Gasteiger partial charge in [-0.15, -0.1) is 6.58 Å². The second-order valence-corrected chi connectivity index (χ2v) is 4.47. The molecule has 1 aromatic carbocycles. The van der Waals surface area contributed by atoms with Crippen LogP contribution in [0.5, 0.6) is 5.75 Å². The van der Waals surface area contributed by atoms with E-state index in [4.69, 9.17) is 10.6 Å². The highest BCUT2D eigenvalue weighted by Gasteiger charge is 2.12. The van der Waals surface area contributed by atoms with E-state index in [-0.39, 0.29) is 0 Å². The molecule has 17 heavy (non-hydrogen) atoms. The van der Waals surface area contributed by atoms with E-state index in [1.54, 1.807) is 0 Å². The molecule has 1 unspecified atom stereocenters. The summed E-state index contributed by atoms with van der Waals surface area (Å²) in [5.41, 5.74) is 5.53. The van der Waals surface area contributed by atoms with Crippen molar-refractivity contribution >= 4 is 0 Å². The van der Waals surface area contributed by atoms with Crippen molar-refractivity contribution < 1.29 is 4.74 Å². The third kappa shape index (κ3) is 3.08. The van der Waals surface area contributed by atoms with E-state index in [1.165, 1.54) is 11.1 Å². The molecular weight excluding hydrogens is 212 g/mol. The van der Waals surface area contributed by atoms with Crippen molar-refractivity contribution in [3.8, 4) is 5.75 Å². The monoisotopic (exact) mass is 232 g/mol. The van der Waals surface area contributed by atoms with Crippen LogP contribution in [-0.4, -0.2) is 12.6 Å². The van der Waals surface area contributed by atoms with Gasteiger partial charge in [-0.2, -0.15) is 0 Å². The summed E-state index contributed by atoms with van der Waals surface area (Å²) in [7, 11) is 0. The van der Waals surface area contributed by atoms with Crippen molar-refractivity contribution in [2.75, 3.05) is 6.61 Å². The number of rotatable bonds is 6. The highest BCUT2D eigenvalue weighted by molar-refractivity contribution is 5.39. The Balaban J connectivity index is 1.92. The molecule has 1 heterocycles. The van der Waals surface area contributed by atoms with E-state index in [0.29, 0.717) is 6.04 Å². The molecule has 1 aliphatic heterocycles. The van der Waals surface area contributed by atoms with Crippen molar-refractivity contribution in [3.63, 3.8) is 0 Å². The van der Waals surface area contributed by atoms with Gasteiger partial charge in [0, 0.05) is 12.5 Å². The maximum absolute atomic E-state index is 5.50. The Bertz CT molecular complexity index is 390. The average Bonchev–Trinajstić information content (AvgIpc) is 2.81. The first-order chi connectivity index (χ1) is 8.33. The van der Waals surface area contributed by atoms with Gasteiger partial charge in [-0.25, -0.2) is 0 Å². The normalized spacial score (nSPS) is 15.1. The summed E-state index contributed by atoms with van der Waals surface area (Å²) in [6.45, 7) is 4.56. The number of benzene rings is 1. The van der Waals surface area contributed by atoms with E-state index >= 15 is 0 Å². The molecule has 0 saturated carbocycles. The summed E-state index contributed by atoms with van der Waals surface area (Å²) in [6.07, 6.45) is 5.91. The molecule has 0 spiro atoms. The first-order valence-electron chi connectivity index (χ1n) is 6.15. The zero-order valence-electron chi connectivity index (χ0n) is 10.1. The number of hydrazine groups is 1. The van der Waals surface area contributed by atoms with Gasteiger partial charge in [0.1, 0.15) is 5.75 Å². The summed E-state index contributed by atoms with van der Waals surface area (Å²) >= 11 is 0. The lowest BCUT2D eigenvalue weighted by Crippen LogP contribution is -2.34. The Kier molecular flexibility index (Phi) is 4.18. The number of nitrogens with two attached hydrogens (primary N) is 1. The Morgan fingerprint density at radius 2 is 2.41 bits per heavy atom. The quantitative estimate of drug-likeness (QED) is 0.448. The van der Waals surface area contributed by atoms with Crippen LogP contribution in [-0.2, 0) is 12.8 Å². The molecule has 0 fully saturated rings.